The lowest BCUT2D eigenvalue weighted by Gasteiger charge is -2.24. The van der Waals surface area contributed by atoms with E-state index in [9.17, 15) is 4.79 Å². The fourth-order valence-electron chi connectivity index (χ4n) is 1.65. The fraction of sp³-hybridized carbons (Fsp3) is 0.750. The molecule has 0 bridgehead atoms. The minimum absolute atomic E-state index is 0.0440. The molecule has 1 aliphatic heterocycles. The van der Waals surface area contributed by atoms with Crippen LogP contribution in [0.3, 0.4) is 0 Å². The summed E-state index contributed by atoms with van der Waals surface area (Å²) in [5.74, 6) is 2.59. The summed E-state index contributed by atoms with van der Waals surface area (Å²) in [5.41, 5.74) is -0.478. The lowest BCUT2D eigenvalue weighted by atomic mass is 10.1. The van der Waals surface area contributed by atoms with Gasteiger partial charge in [0, 0.05) is 13.7 Å². The Kier molecular flexibility index (Phi) is 3.82. The van der Waals surface area contributed by atoms with Crippen molar-refractivity contribution in [1.29, 1.82) is 0 Å². The number of carbonyl (C=O) groups is 1. The van der Waals surface area contributed by atoms with Crippen LogP contribution in [-0.4, -0.2) is 42.9 Å². The second-order valence-corrected chi connectivity index (χ2v) is 4.93. The molecule has 0 aromatic heterocycles. The molecule has 0 saturated carbocycles. The summed E-state index contributed by atoms with van der Waals surface area (Å²) < 4.78 is 10.5. The molecule has 0 spiro atoms. The number of hydrogen-bond donors (Lipinski definition) is 0. The van der Waals surface area contributed by atoms with Gasteiger partial charge >= 0.3 is 6.09 Å². The zero-order chi connectivity index (χ0) is 12.3. The molecule has 0 radical (unpaired) electrons. The van der Waals surface area contributed by atoms with Gasteiger partial charge in [-0.25, -0.2) is 4.79 Å². The Hall–Kier alpha value is -1.21. The van der Waals surface area contributed by atoms with Gasteiger partial charge in [-0.05, 0) is 20.8 Å². The van der Waals surface area contributed by atoms with E-state index in [0.717, 1.165) is 0 Å². The highest BCUT2D eigenvalue weighted by molar-refractivity contribution is 5.68. The van der Waals surface area contributed by atoms with Crippen molar-refractivity contribution in [1.82, 2.24) is 4.90 Å². The van der Waals surface area contributed by atoms with Crippen LogP contribution >= 0.6 is 0 Å². The number of nitrogens with zero attached hydrogens (tertiary/aromatic N) is 1. The van der Waals surface area contributed by atoms with Crippen molar-refractivity contribution in [2.45, 2.75) is 32.5 Å². The highest BCUT2D eigenvalue weighted by Gasteiger charge is 2.36. The van der Waals surface area contributed by atoms with Gasteiger partial charge in [-0.15, -0.1) is 6.42 Å². The number of rotatable bonds is 1. The van der Waals surface area contributed by atoms with Crippen LogP contribution in [0.25, 0.3) is 0 Å². The first-order valence-electron chi connectivity index (χ1n) is 5.34. The third-order valence-corrected chi connectivity index (χ3v) is 2.43. The van der Waals surface area contributed by atoms with Crippen LogP contribution in [0.4, 0.5) is 4.79 Å². The number of carbonyl (C=O) groups excluding carboxylic acids is 1. The summed E-state index contributed by atoms with van der Waals surface area (Å²) in [6.45, 7) is 6.53. The smallest absolute Gasteiger partial charge is 0.410 e. The molecular weight excluding hydrogens is 206 g/mol. The molecule has 4 heteroatoms. The van der Waals surface area contributed by atoms with Gasteiger partial charge in [-0.2, -0.15) is 0 Å². The first-order valence-corrected chi connectivity index (χ1v) is 5.34. The molecule has 16 heavy (non-hydrogen) atoms. The van der Waals surface area contributed by atoms with E-state index in [1.54, 1.807) is 12.0 Å². The highest BCUT2D eigenvalue weighted by atomic mass is 16.6. The maximum atomic E-state index is 11.8. The summed E-state index contributed by atoms with van der Waals surface area (Å²) >= 11 is 0. The summed E-state index contributed by atoms with van der Waals surface area (Å²) in [5, 5.41) is 0. The molecule has 0 aromatic rings. The Morgan fingerprint density at radius 2 is 2.06 bits per heavy atom. The summed E-state index contributed by atoms with van der Waals surface area (Å²) in [7, 11) is 1.60. The van der Waals surface area contributed by atoms with Gasteiger partial charge in [0.05, 0.1) is 18.6 Å². The van der Waals surface area contributed by atoms with Gasteiger partial charge in [-0.1, -0.05) is 5.92 Å². The summed E-state index contributed by atoms with van der Waals surface area (Å²) in [6.07, 6.45) is 4.97. The minimum atomic E-state index is -0.478. The molecule has 0 unspecified atom stereocenters. The largest absolute Gasteiger partial charge is 0.444 e. The Balaban J connectivity index is 2.58. The van der Waals surface area contributed by atoms with E-state index in [1.165, 1.54) is 0 Å². The summed E-state index contributed by atoms with van der Waals surface area (Å²) in [6, 6.07) is 0. The molecule has 0 aliphatic carbocycles. The van der Waals surface area contributed by atoms with Crippen molar-refractivity contribution in [3.05, 3.63) is 0 Å². The second-order valence-electron chi connectivity index (χ2n) is 4.93. The third kappa shape index (κ3) is 3.14. The van der Waals surface area contributed by atoms with E-state index < -0.39 is 5.60 Å². The lowest BCUT2D eigenvalue weighted by molar-refractivity contribution is 0.0252. The number of ether oxygens (including phenoxy) is 2. The molecule has 1 saturated heterocycles. The normalized spacial score (nSPS) is 25.3. The van der Waals surface area contributed by atoms with Gasteiger partial charge < -0.3 is 14.4 Å². The number of terminal acetylenes is 1. The van der Waals surface area contributed by atoms with E-state index >= 15 is 0 Å². The highest BCUT2D eigenvalue weighted by Crippen LogP contribution is 2.21. The second kappa shape index (κ2) is 4.75. The van der Waals surface area contributed by atoms with Crippen LogP contribution in [0.1, 0.15) is 20.8 Å². The SMILES string of the molecule is C#C[C@@H]1CN(C(=O)OC(C)(C)C)C[C@H]1OC. The Bertz CT molecular complexity index is 300. The molecule has 0 N–H and O–H groups in total. The van der Waals surface area contributed by atoms with Crippen LogP contribution in [-0.2, 0) is 9.47 Å². The van der Waals surface area contributed by atoms with Gasteiger partial charge in [0.1, 0.15) is 5.60 Å². The van der Waals surface area contributed by atoms with Gasteiger partial charge in [-0.3, -0.25) is 0 Å². The Labute approximate surface area is 96.9 Å². The van der Waals surface area contributed by atoms with Crippen LogP contribution in [0, 0.1) is 18.3 Å². The van der Waals surface area contributed by atoms with E-state index in [4.69, 9.17) is 15.9 Å². The standard InChI is InChI=1S/C12H19NO3/c1-6-9-7-13(8-10(9)15-5)11(14)16-12(2,3)4/h1,9-10H,7-8H2,2-5H3/t9-,10-/m1/s1. The quantitative estimate of drug-likeness (QED) is 0.635. The Morgan fingerprint density at radius 3 is 2.44 bits per heavy atom. The van der Waals surface area contributed by atoms with Gasteiger partial charge in [0.15, 0.2) is 0 Å². The minimum Gasteiger partial charge on any atom is -0.444 e. The fourth-order valence-corrected chi connectivity index (χ4v) is 1.65. The molecule has 1 aliphatic rings. The molecule has 1 fully saturated rings. The van der Waals surface area contributed by atoms with Crippen LogP contribution < -0.4 is 0 Å². The van der Waals surface area contributed by atoms with Crippen molar-refractivity contribution in [2.24, 2.45) is 5.92 Å². The van der Waals surface area contributed by atoms with Crippen molar-refractivity contribution in [3.8, 4) is 12.3 Å². The average molecular weight is 225 g/mol. The van der Waals surface area contributed by atoms with E-state index in [2.05, 4.69) is 5.92 Å². The van der Waals surface area contributed by atoms with Crippen LogP contribution in [0.15, 0.2) is 0 Å². The lowest BCUT2D eigenvalue weighted by Crippen LogP contribution is -2.36. The van der Waals surface area contributed by atoms with Crippen LogP contribution in [0.5, 0.6) is 0 Å². The zero-order valence-electron chi connectivity index (χ0n) is 10.3. The van der Waals surface area contributed by atoms with Gasteiger partial charge in [0.2, 0.25) is 0 Å². The topological polar surface area (TPSA) is 38.8 Å². The first kappa shape index (κ1) is 12.9. The number of hydrogen-bond acceptors (Lipinski definition) is 3. The molecule has 1 rings (SSSR count). The first-order chi connectivity index (χ1) is 7.37. The predicted molar refractivity (Wildman–Crippen MR) is 60.9 cm³/mol. The zero-order valence-corrected chi connectivity index (χ0v) is 10.3. The maximum Gasteiger partial charge on any atom is 0.410 e. The molecule has 0 aromatic carbocycles. The number of likely N-dealkylation sites (tertiary alicyclic amines) is 1. The van der Waals surface area contributed by atoms with Crippen molar-refractivity contribution in [3.63, 3.8) is 0 Å². The molecule has 4 nitrogen and oxygen atoms in total. The molecule has 2 atom stereocenters. The molecule has 90 valence electrons. The van der Waals surface area contributed by atoms with Crippen molar-refractivity contribution in [2.75, 3.05) is 20.2 Å². The van der Waals surface area contributed by atoms with Gasteiger partial charge in [0.25, 0.3) is 0 Å². The predicted octanol–water partition coefficient (Wildman–Crippen LogP) is 1.50. The van der Waals surface area contributed by atoms with Crippen molar-refractivity contribution < 1.29 is 14.3 Å². The summed E-state index contributed by atoms with van der Waals surface area (Å²) in [4.78, 5) is 13.4. The monoisotopic (exact) mass is 225 g/mol. The third-order valence-electron chi connectivity index (χ3n) is 2.43. The number of methoxy groups -OCH3 is 1. The molecule has 1 amide bonds. The molecular formula is C12H19NO3. The molecule has 1 heterocycles. The average Bonchev–Trinajstić information content (AvgIpc) is 2.57. The van der Waals surface area contributed by atoms with E-state index in [-0.39, 0.29) is 18.1 Å². The Morgan fingerprint density at radius 1 is 1.44 bits per heavy atom. The van der Waals surface area contributed by atoms with Crippen molar-refractivity contribution >= 4 is 6.09 Å². The maximum absolute atomic E-state index is 11.8. The van der Waals surface area contributed by atoms with E-state index in [1.807, 2.05) is 20.8 Å². The van der Waals surface area contributed by atoms with E-state index in [0.29, 0.717) is 13.1 Å². The number of amides is 1. The van der Waals surface area contributed by atoms with Crippen LogP contribution in [0.2, 0.25) is 0 Å².